The number of rotatable bonds is 8. The van der Waals surface area contributed by atoms with Gasteiger partial charge < -0.3 is 15.2 Å². The SMILES string of the molecule is CCCNC(C)(CO)CCOc1cccc(C(C)(C)C)c1. The molecule has 120 valence electrons. The molecule has 0 aromatic heterocycles. The van der Waals surface area contributed by atoms with Crippen LogP contribution >= 0.6 is 0 Å². The average molecular weight is 293 g/mol. The molecule has 21 heavy (non-hydrogen) atoms. The minimum absolute atomic E-state index is 0.123. The minimum atomic E-state index is -0.266. The van der Waals surface area contributed by atoms with E-state index < -0.39 is 0 Å². The summed E-state index contributed by atoms with van der Waals surface area (Å²) in [4.78, 5) is 0. The minimum Gasteiger partial charge on any atom is -0.494 e. The highest BCUT2D eigenvalue weighted by atomic mass is 16.5. The van der Waals surface area contributed by atoms with Crippen molar-refractivity contribution < 1.29 is 9.84 Å². The van der Waals surface area contributed by atoms with E-state index in [4.69, 9.17) is 4.74 Å². The van der Waals surface area contributed by atoms with Crippen LogP contribution in [-0.2, 0) is 5.41 Å². The Morgan fingerprint density at radius 1 is 1.19 bits per heavy atom. The highest BCUT2D eigenvalue weighted by Gasteiger charge is 2.22. The molecule has 0 saturated carbocycles. The fourth-order valence-corrected chi connectivity index (χ4v) is 2.10. The van der Waals surface area contributed by atoms with Crippen LogP contribution in [-0.4, -0.2) is 30.4 Å². The first-order valence-corrected chi connectivity index (χ1v) is 7.90. The highest BCUT2D eigenvalue weighted by Crippen LogP contribution is 2.25. The number of hydrogen-bond acceptors (Lipinski definition) is 3. The highest BCUT2D eigenvalue weighted by molar-refractivity contribution is 5.32. The second kappa shape index (κ2) is 7.81. The summed E-state index contributed by atoms with van der Waals surface area (Å²) in [5, 5.41) is 12.9. The number of benzene rings is 1. The van der Waals surface area contributed by atoms with Gasteiger partial charge in [0.15, 0.2) is 0 Å². The summed E-state index contributed by atoms with van der Waals surface area (Å²) >= 11 is 0. The first kappa shape index (κ1) is 18.0. The van der Waals surface area contributed by atoms with Gasteiger partial charge in [-0.2, -0.15) is 0 Å². The van der Waals surface area contributed by atoms with E-state index in [0.717, 1.165) is 25.1 Å². The van der Waals surface area contributed by atoms with Crippen molar-refractivity contribution in [2.45, 2.75) is 58.4 Å². The predicted octanol–water partition coefficient (Wildman–Crippen LogP) is 3.50. The molecule has 1 atom stereocenters. The van der Waals surface area contributed by atoms with Gasteiger partial charge in [-0.15, -0.1) is 0 Å². The van der Waals surface area contributed by atoms with E-state index in [1.807, 2.05) is 19.1 Å². The van der Waals surface area contributed by atoms with Crippen molar-refractivity contribution in [3.63, 3.8) is 0 Å². The van der Waals surface area contributed by atoms with Crippen molar-refractivity contribution in [2.75, 3.05) is 19.8 Å². The third-order valence-electron chi connectivity index (χ3n) is 3.77. The third kappa shape index (κ3) is 6.06. The second-order valence-corrected chi connectivity index (χ2v) is 7.02. The van der Waals surface area contributed by atoms with Crippen molar-refractivity contribution in [1.29, 1.82) is 0 Å². The van der Waals surface area contributed by atoms with Gasteiger partial charge in [0.1, 0.15) is 5.75 Å². The topological polar surface area (TPSA) is 41.5 Å². The fraction of sp³-hybridized carbons (Fsp3) is 0.667. The summed E-state index contributed by atoms with van der Waals surface area (Å²) in [6.45, 7) is 12.4. The van der Waals surface area contributed by atoms with Gasteiger partial charge in [-0.1, -0.05) is 39.8 Å². The maximum atomic E-state index is 9.54. The van der Waals surface area contributed by atoms with E-state index >= 15 is 0 Å². The van der Waals surface area contributed by atoms with Crippen LogP contribution in [0.4, 0.5) is 0 Å². The zero-order chi connectivity index (χ0) is 15.9. The summed E-state index contributed by atoms with van der Waals surface area (Å²) in [5.41, 5.74) is 1.13. The van der Waals surface area contributed by atoms with Crippen molar-refractivity contribution in [3.05, 3.63) is 29.8 Å². The largest absolute Gasteiger partial charge is 0.494 e. The number of hydrogen-bond donors (Lipinski definition) is 2. The van der Waals surface area contributed by atoms with E-state index in [2.05, 4.69) is 45.1 Å². The first-order chi connectivity index (χ1) is 9.80. The molecule has 1 aromatic rings. The monoisotopic (exact) mass is 293 g/mol. The Balaban J connectivity index is 2.55. The molecule has 1 aromatic carbocycles. The molecule has 0 saturated heterocycles. The molecule has 0 bridgehead atoms. The quantitative estimate of drug-likeness (QED) is 0.771. The summed E-state index contributed by atoms with van der Waals surface area (Å²) in [6.07, 6.45) is 1.84. The van der Waals surface area contributed by atoms with Crippen LogP contribution in [0, 0.1) is 0 Å². The van der Waals surface area contributed by atoms with Crippen LogP contribution in [0.15, 0.2) is 24.3 Å². The van der Waals surface area contributed by atoms with Gasteiger partial charge in [0.2, 0.25) is 0 Å². The van der Waals surface area contributed by atoms with Gasteiger partial charge in [-0.3, -0.25) is 0 Å². The van der Waals surface area contributed by atoms with Gasteiger partial charge in [0, 0.05) is 12.0 Å². The van der Waals surface area contributed by atoms with Gasteiger partial charge in [-0.25, -0.2) is 0 Å². The van der Waals surface area contributed by atoms with Gasteiger partial charge in [0.25, 0.3) is 0 Å². The fourth-order valence-electron chi connectivity index (χ4n) is 2.10. The van der Waals surface area contributed by atoms with Crippen LogP contribution in [0.25, 0.3) is 0 Å². The molecule has 0 aliphatic carbocycles. The second-order valence-electron chi connectivity index (χ2n) is 7.02. The first-order valence-electron chi connectivity index (χ1n) is 7.90. The molecule has 0 spiro atoms. The molecule has 2 N–H and O–H groups in total. The maximum Gasteiger partial charge on any atom is 0.119 e. The maximum absolute atomic E-state index is 9.54. The van der Waals surface area contributed by atoms with Crippen LogP contribution in [0.2, 0.25) is 0 Å². The van der Waals surface area contributed by atoms with Gasteiger partial charge in [-0.05, 0) is 43.0 Å². The standard InChI is InChI=1S/C18H31NO2/c1-6-11-19-18(5,14-20)10-12-21-16-9-7-8-15(13-16)17(2,3)4/h7-9,13,19-20H,6,10-12,14H2,1-5H3. The lowest BCUT2D eigenvalue weighted by Gasteiger charge is -2.29. The summed E-state index contributed by atoms with van der Waals surface area (Å²) in [7, 11) is 0. The molecule has 0 amide bonds. The van der Waals surface area contributed by atoms with E-state index in [1.54, 1.807) is 0 Å². The molecule has 0 fully saturated rings. The lowest BCUT2D eigenvalue weighted by molar-refractivity contribution is 0.144. The molecule has 0 radical (unpaired) electrons. The molecule has 3 nitrogen and oxygen atoms in total. The lowest BCUT2D eigenvalue weighted by atomic mass is 9.87. The Morgan fingerprint density at radius 3 is 2.48 bits per heavy atom. The van der Waals surface area contributed by atoms with Crippen LogP contribution in [0.1, 0.15) is 53.0 Å². The summed E-state index contributed by atoms with van der Waals surface area (Å²) in [6, 6.07) is 8.27. The van der Waals surface area contributed by atoms with Crippen molar-refractivity contribution in [2.24, 2.45) is 0 Å². The van der Waals surface area contributed by atoms with E-state index in [-0.39, 0.29) is 17.6 Å². The zero-order valence-electron chi connectivity index (χ0n) is 14.2. The number of aliphatic hydroxyl groups is 1. The average Bonchev–Trinajstić information content (AvgIpc) is 2.44. The van der Waals surface area contributed by atoms with Crippen molar-refractivity contribution in [1.82, 2.24) is 5.32 Å². The normalized spacial score (nSPS) is 14.8. The van der Waals surface area contributed by atoms with E-state index in [0.29, 0.717) is 6.61 Å². The smallest absolute Gasteiger partial charge is 0.119 e. The summed E-state index contributed by atoms with van der Waals surface area (Å²) in [5.74, 6) is 0.901. The molecule has 0 aliphatic heterocycles. The Labute approximate surface area is 129 Å². The van der Waals surface area contributed by atoms with Crippen LogP contribution < -0.4 is 10.1 Å². The lowest BCUT2D eigenvalue weighted by Crippen LogP contribution is -2.47. The van der Waals surface area contributed by atoms with Gasteiger partial charge >= 0.3 is 0 Å². The Bertz CT molecular complexity index is 425. The molecule has 0 heterocycles. The number of ether oxygens (including phenoxy) is 1. The molecular formula is C18H31NO2. The summed E-state index contributed by atoms with van der Waals surface area (Å²) < 4.78 is 5.87. The number of aliphatic hydroxyl groups excluding tert-OH is 1. The molecule has 1 rings (SSSR count). The molecule has 3 heteroatoms. The van der Waals surface area contributed by atoms with Crippen molar-refractivity contribution in [3.8, 4) is 5.75 Å². The van der Waals surface area contributed by atoms with Crippen molar-refractivity contribution >= 4 is 0 Å². The Kier molecular flexibility index (Phi) is 6.69. The molecular weight excluding hydrogens is 262 g/mol. The van der Waals surface area contributed by atoms with E-state index in [9.17, 15) is 5.11 Å². The van der Waals surface area contributed by atoms with Crippen LogP contribution in [0.3, 0.4) is 0 Å². The Hall–Kier alpha value is -1.06. The zero-order valence-corrected chi connectivity index (χ0v) is 14.2. The Morgan fingerprint density at radius 2 is 1.90 bits per heavy atom. The van der Waals surface area contributed by atoms with Crippen LogP contribution in [0.5, 0.6) is 5.75 Å². The molecule has 1 unspecified atom stereocenters. The molecule has 0 aliphatic rings. The van der Waals surface area contributed by atoms with Gasteiger partial charge in [0.05, 0.1) is 13.2 Å². The number of nitrogens with one attached hydrogen (secondary N) is 1. The third-order valence-corrected chi connectivity index (χ3v) is 3.77. The predicted molar refractivity (Wildman–Crippen MR) is 89.0 cm³/mol. The van der Waals surface area contributed by atoms with E-state index in [1.165, 1.54) is 5.56 Å².